The van der Waals surface area contributed by atoms with Gasteiger partial charge in [-0.3, -0.25) is 9.59 Å². The van der Waals surface area contributed by atoms with E-state index >= 15 is 0 Å². The topological polar surface area (TPSA) is 77.7 Å². The maximum Gasteiger partial charge on any atom is 0.328 e. The average molecular weight is 390 g/mol. The first-order chi connectivity index (χ1) is 14.1. The van der Waals surface area contributed by atoms with Gasteiger partial charge in [-0.25, -0.2) is 4.79 Å². The van der Waals surface area contributed by atoms with Crippen LogP contribution in [0.15, 0.2) is 66.7 Å². The minimum absolute atomic E-state index is 0.227. The van der Waals surface area contributed by atoms with Crippen molar-refractivity contribution in [2.75, 3.05) is 6.54 Å². The second-order valence-electron chi connectivity index (χ2n) is 7.32. The van der Waals surface area contributed by atoms with Crippen molar-refractivity contribution >= 4 is 23.9 Å². The standard InChI is InChI=1S/C23H22N2O4/c26-19(14-13-16-8-3-1-4-9-16)24-15-7-12-18(24)22(27)25-20(21(25)23(28)29)17-10-5-2-6-11-17/h1-6,8-11,13-14,18,20-21H,7,12,15H2,(H,28,29)/b14-13+/t18-,20+,21-,25?/m0/s1. The van der Waals surface area contributed by atoms with Crippen molar-refractivity contribution in [3.8, 4) is 0 Å². The first kappa shape index (κ1) is 18.9. The molecule has 0 spiro atoms. The second-order valence-corrected chi connectivity index (χ2v) is 7.32. The predicted molar refractivity (Wildman–Crippen MR) is 108 cm³/mol. The summed E-state index contributed by atoms with van der Waals surface area (Å²) in [5.41, 5.74) is 1.71. The van der Waals surface area contributed by atoms with Crippen molar-refractivity contribution in [3.05, 3.63) is 77.9 Å². The summed E-state index contributed by atoms with van der Waals surface area (Å²) in [6.45, 7) is 0.496. The smallest absolute Gasteiger partial charge is 0.328 e. The number of carboxylic acids is 1. The Bertz CT molecular complexity index is 942. The molecule has 6 heteroatoms. The summed E-state index contributed by atoms with van der Waals surface area (Å²) < 4.78 is 0. The zero-order valence-electron chi connectivity index (χ0n) is 15.8. The summed E-state index contributed by atoms with van der Waals surface area (Å²) >= 11 is 0. The molecule has 0 radical (unpaired) electrons. The number of hydrogen-bond donors (Lipinski definition) is 1. The second kappa shape index (κ2) is 7.91. The first-order valence-electron chi connectivity index (χ1n) is 9.71. The van der Waals surface area contributed by atoms with Gasteiger partial charge in [0.25, 0.3) is 0 Å². The Morgan fingerprint density at radius 3 is 2.28 bits per heavy atom. The van der Waals surface area contributed by atoms with Gasteiger partial charge in [-0.2, -0.15) is 0 Å². The molecule has 29 heavy (non-hydrogen) atoms. The molecule has 0 aliphatic carbocycles. The first-order valence-corrected chi connectivity index (χ1v) is 9.71. The number of hydrogen-bond acceptors (Lipinski definition) is 3. The van der Waals surface area contributed by atoms with Crippen molar-refractivity contribution < 1.29 is 19.5 Å². The van der Waals surface area contributed by atoms with E-state index in [1.807, 2.05) is 60.7 Å². The van der Waals surface area contributed by atoms with Gasteiger partial charge in [-0.1, -0.05) is 60.7 Å². The van der Waals surface area contributed by atoms with Crippen LogP contribution in [0, 0.1) is 0 Å². The van der Waals surface area contributed by atoms with Crippen LogP contribution >= 0.6 is 0 Å². The van der Waals surface area contributed by atoms with E-state index in [1.54, 1.807) is 11.0 Å². The molecule has 3 atom stereocenters. The highest BCUT2D eigenvalue weighted by Crippen LogP contribution is 2.44. The van der Waals surface area contributed by atoms with Crippen molar-refractivity contribution in [1.82, 2.24) is 9.80 Å². The molecule has 6 nitrogen and oxygen atoms in total. The maximum atomic E-state index is 13.1. The number of carboxylic acid groups (broad SMARTS) is 1. The number of aliphatic carboxylic acids is 1. The summed E-state index contributed by atoms with van der Waals surface area (Å²) in [4.78, 5) is 40.5. The molecule has 2 heterocycles. The van der Waals surface area contributed by atoms with Gasteiger partial charge in [-0.05, 0) is 30.0 Å². The Kier molecular flexibility index (Phi) is 5.16. The van der Waals surface area contributed by atoms with Gasteiger partial charge >= 0.3 is 5.97 Å². The molecule has 148 valence electrons. The average Bonchev–Trinajstić information content (AvgIpc) is 3.32. The minimum Gasteiger partial charge on any atom is -0.480 e. The number of amides is 2. The zero-order chi connectivity index (χ0) is 20.4. The van der Waals surface area contributed by atoms with Crippen molar-refractivity contribution in [2.45, 2.75) is 31.0 Å². The number of benzene rings is 2. The van der Waals surface area contributed by atoms with Gasteiger partial charge < -0.3 is 14.9 Å². The summed E-state index contributed by atoms with van der Waals surface area (Å²) in [5, 5.41) is 9.55. The maximum absolute atomic E-state index is 13.1. The Balaban J connectivity index is 1.49. The van der Waals surface area contributed by atoms with E-state index in [2.05, 4.69) is 0 Å². The molecule has 4 rings (SSSR count). The van der Waals surface area contributed by atoms with Gasteiger partial charge in [0.05, 0.1) is 6.04 Å². The van der Waals surface area contributed by atoms with Crippen LogP contribution in [0.5, 0.6) is 0 Å². The lowest BCUT2D eigenvalue weighted by molar-refractivity contribution is -0.142. The van der Waals surface area contributed by atoms with E-state index < -0.39 is 24.1 Å². The number of likely N-dealkylation sites (tertiary alicyclic amines) is 1. The zero-order valence-corrected chi connectivity index (χ0v) is 15.8. The fraction of sp³-hybridized carbons (Fsp3) is 0.261. The van der Waals surface area contributed by atoms with Crippen LogP contribution in [0.4, 0.5) is 0 Å². The quantitative estimate of drug-likeness (QED) is 0.629. The molecule has 0 saturated carbocycles. The lowest BCUT2D eigenvalue weighted by Gasteiger charge is -2.23. The van der Waals surface area contributed by atoms with E-state index in [0.717, 1.165) is 17.5 Å². The lowest BCUT2D eigenvalue weighted by atomic mass is 10.1. The highest BCUT2D eigenvalue weighted by molar-refractivity contribution is 5.98. The summed E-state index contributed by atoms with van der Waals surface area (Å²) in [6.07, 6.45) is 4.48. The Morgan fingerprint density at radius 2 is 1.62 bits per heavy atom. The number of rotatable bonds is 5. The monoisotopic (exact) mass is 390 g/mol. The van der Waals surface area contributed by atoms with E-state index in [0.29, 0.717) is 13.0 Å². The highest BCUT2D eigenvalue weighted by atomic mass is 16.4. The van der Waals surface area contributed by atoms with E-state index in [1.165, 1.54) is 11.0 Å². The summed E-state index contributed by atoms with van der Waals surface area (Å²) in [5.74, 6) is -1.54. The fourth-order valence-electron chi connectivity index (χ4n) is 4.04. The molecule has 2 amide bonds. The van der Waals surface area contributed by atoms with Crippen molar-refractivity contribution in [2.24, 2.45) is 0 Å². The van der Waals surface area contributed by atoms with Crippen LogP contribution in [-0.2, 0) is 14.4 Å². The van der Waals surface area contributed by atoms with E-state index in [9.17, 15) is 19.5 Å². The van der Waals surface area contributed by atoms with Crippen molar-refractivity contribution in [3.63, 3.8) is 0 Å². The molecule has 2 aromatic rings. The van der Waals surface area contributed by atoms with Gasteiger partial charge in [0.1, 0.15) is 6.04 Å². The molecule has 0 bridgehead atoms. The van der Waals surface area contributed by atoms with Gasteiger partial charge in [0, 0.05) is 12.6 Å². The third kappa shape index (κ3) is 3.78. The molecule has 0 aromatic heterocycles. The lowest BCUT2D eigenvalue weighted by Crippen LogP contribution is -2.43. The molecule has 2 aromatic carbocycles. The number of nitrogens with zero attached hydrogens (tertiary/aromatic N) is 2. The molecule has 2 saturated heterocycles. The molecule has 1 N–H and O–H groups in total. The summed E-state index contributed by atoms with van der Waals surface area (Å²) in [7, 11) is 0. The van der Waals surface area contributed by atoms with Crippen LogP contribution < -0.4 is 0 Å². The largest absolute Gasteiger partial charge is 0.480 e. The molecular weight excluding hydrogens is 368 g/mol. The Labute approximate surface area is 169 Å². The Morgan fingerprint density at radius 1 is 0.966 bits per heavy atom. The van der Waals surface area contributed by atoms with Gasteiger partial charge in [0.15, 0.2) is 6.04 Å². The predicted octanol–water partition coefficient (Wildman–Crippen LogP) is 2.73. The molecule has 2 fully saturated rings. The molecule has 2 aliphatic rings. The molecule has 2 aliphatic heterocycles. The van der Waals surface area contributed by atoms with Crippen molar-refractivity contribution in [1.29, 1.82) is 0 Å². The van der Waals surface area contributed by atoms with Crippen LogP contribution in [0.1, 0.15) is 30.0 Å². The third-order valence-corrected chi connectivity index (χ3v) is 5.50. The minimum atomic E-state index is -1.02. The molecular formula is C23H22N2O4. The van der Waals surface area contributed by atoms with Crippen LogP contribution in [0.25, 0.3) is 6.08 Å². The van der Waals surface area contributed by atoms with Crippen LogP contribution in [0.2, 0.25) is 0 Å². The number of carbonyl (C=O) groups is 3. The SMILES string of the molecule is O=C(O)[C@@H]1[C@@H](c2ccccc2)N1C(=O)[C@@H]1CCCN1C(=O)/C=C/c1ccccc1. The van der Waals surface area contributed by atoms with Crippen LogP contribution in [-0.4, -0.2) is 51.3 Å². The fourth-order valence-corrected chi connectivity index (χ4v) is 4.04. The van der Waals surface area contributed by atoms with Gasteiger partial charge in [0.2, 0.25) is 11.8 Å². The van der Waals surface area contributed by atoms with E-state index in [-0.39, 0.29) is 11.8 Å². The molecule has 0 unspecified atom stereocenters. The third-order valence-electron chi connectivity index (χ3n) is 5.50. The highest BCUT2D eigenvalue weighted by Gasteiger charge is 2.58. The van der Waals surface area contributed by atoms with Crippen LogP contribution in [0.3, 0.4) is 0 Å². The Hall–Kier alpha value is -3.41. The summed E-state index contributed by atoms with van der Waals surface area (Å²) in [6, 6.07) is 16.7. The van der Waals surface area contributed by atoms with Gasteiger partial charge in [-0.15, -0.1) is 0 Å². The number of carbonyl (C=O) groups excluding carboxylic acids is 2. The van der Waals surface area contributed by atoms with E-state index in [4.69, 9.17) is 0 Å². The normalized spacial score (nSPS) is 23.4.